The molecule has 0 unspecified atom stereocenters. The van der Waals surface area contributed by atoms with Crippen LogP contribution in [0.1, 0.15) is 17.5 Å². The largest absolute Gasteiger partial charge is 0.454 e. The number of benzene rings is 2. The van der Waals surface area contributed by atoms with Crippen molar-refractivity contribution in [1.82, 2.24) is 4.90 Å². The molecule has 0 aromatic heterocycles. The van der Waals surface area contributed by atoms with Crippen LogP contribution in [0.15, 0.2) is 48.0 Å². The van der Waals surface area contributed by atoms with Crippen LogP contribution >= 0.6 is 11.6 Å². The zero-order valence-electron chi connectivity index (χ0n) is 13.0. The molecule has 4 nitrogen and oxygen atoms in total. The molecule has 2 aliphatic heterocycles. The van der Waals surface area contributed by atoms with Gasteiger partial charge in [-0.05, 0) is 41.8 Å². The van der Waals surface area contributed by atoms with Crippen LogP contribution in [0.25, 0.3) is 6.08 Å². The van der Waals surface area contributed by atoms with Crippen molar-refractivity contribution in [3.8, 4) is 11.5 Å². The Hall–Kier alpha value is -2.46. The molecule has 0 atom stereocenters. The van der Waals surface area contributed by atoms with Gasteiger partial charge in [0.25, 0.3) is 0 Å². The first-order valence-electron chi connectivity index (χ1n) is 7.83. The number of carbonyl (C=O) groups is 1. The molecular weight excluding hydrogens is 326 g/mol. The van der Waals surface area contributed by atoms with Crippen LogP contribution in [0.5, 0.6) is 11.5 Å². The Bertz CT molecular complexity index is 831. The number of rotatable bonds is 3. The number of nitrogens with zero attached hydrogens (tertiary/aromatic N) is 1. The molecule has 5 heteroatoms. The Morgan fingerprint density at radius 1 is 1.12 bits per heavy atom. The van der Waals surface area contributed by atoms with Gasteiger partial charge < -0.3 is 14.4 Å². The summed E-state index contributed by atoms with van der Waals surface area (Å²) in [6, 6.07) is 13.3. The van der Waals surface area contributed by atoms with Gasteiger partial charge in [0.1, 0.15) is 0 Å². The van der Waals surface area contributed by atoms with Gasteiger partial charge in [-0.15, -0.1) is 0 Å². The Labute approximate surface area is 145 Å². The maximum Gasteiger partial charge on any atom is 0.250 e. The van der Waals surface area contributed by atoms with Gasteiger partial charge in [-0.2, -0.15) is 0 Å². The van der Waals surface area contributed by atoms with Crippen LogP contribution < -0.4 is 9.47 Å². The highest BCUT2D eigenvalue weighted by atomic mass is 35.5. The minimum atomic E-state index is 0.0626. The van der Waals surface area contributed by atoms with Crippen LogP contribution in [-0.4, -0.2) is 24.1 Å². The van der Waals surface area contributed by atoms with Crippen molar-refractivity contribution in [2.75, 3.05) is 13.3 Å². The highest BCUT2D eigenvalue weighted by molar-refractivity contribution is 6.31. The highest BCUT2D eigenvalue weighted by Crippen LogP contribution is 2.34. The molecule has 24 heavy (non-hydrogen) atoms. The van der Waals surface area contributed by atoms with Gasteiger partial charge in [-0.1, -0.05) is 35.9 Å². The van der Waals surface area contributed by atoms with Crippen molar-refractivity contribution < 1.29 is 14.3 Å². The zero-order chi connectivity index (χ0) is 16.5. The second kappa shape index (κ2) is 6.21. The van der Waals surface area contributed by atoms with Crippen LogP contribution in [0.4, 0.5) is 0 Å². The summed E-state index contributed by atoms with van der Waals surface area (Å²) in [5.74, 6) is 1.53. The second-order valence-corrected chi connectivity index (χ2v) is 6.26. The Morgan fingerprint density at radius 2 is 1.96 bits per heavy atom. The summed E-state index contributed by atoms with van der Waals surface area (Å²) in [6.07, 6.45) is 2.66. The number of ether oxygens (including phenoxy) is 2. The van der Waals surface area contributed by atoms with E-state index in [1.54, 1.807) is 0 Å². The molecule has 0 spiro atoms. The first kappa shape index (κ1) is 15.1. The number of carbonyl (C=O) groups excluding carboxylic acids is 1. The Balaban J connectivity index is 1.52. The summed E-state index contributed by atoms with van der Waals surface area (Å²) < 4.78 is 10.7. The maximum absolute atomic E-state index is 12.6. The van der Waals surface area contributed by atoms with Crippen LogP contribution in [0, 0.1) is 0 Å². The number of likely N-dealkylation sites (tertiary alicyclic amines) is 1. The van der Waals surface area contributed by atoms with E-state index in [-0.39, 0.29) is 12.7 Å². The third kappa shape index (κ3) is 2.85. The lowest BCUT2D eigenvalue weighted by Crippen LogP contribution is -2.24. The molecular formula is C19H16ClNO3. The lowest BCUT2D eigenvalue weighted by atomic mass is 10.1. The molecule has 122 valence electrons. The average Bonchev–Trinajstić information content (AvgIpc) is 3.18. The van der Waals surface area contributed by atoms with Crippen molar-refractivity contribution in [1.29, 1.82) is 0 Å². The predicted octanol–water partition coefficient (Wildman–Crippen LogP) is 3.88. The highest BCUT2D eigenvalue weighted by Gasteiger charge is 2.26. The molecule has 0 aliphatic carbocycles. The van der Waals surface area contributed by atoms with Crippen LogP contribution in [0.2, 0.25) is 5.02 Å². The van der Waals surface area contributed by atoms with E-state index in [9.17, 15) is 4.79 Å². The molecule has 1 fully saturated rings. The first-order chi connectivity index (χ1) is 11.7. The van der Waals surface area contributed by atoms with Gasteiger partial charge >= 0.3 is 0 Å². The topological polar surface area (TPSA) is 38.8 Å². The summed E-state index contributed by atoms with van der Waals surface area (Å²) in [7, 11) is 0. The number of hydrogen-bond acceptors (Lipinski definition) is 3. The molecule has 2 aliphatic rings. The normalized spacial score (nSPS) is 17.8. The summed E-state index contributed by atoms with van der Waals surface area (Å²) in [5.41, 5.74) is 2.72. The number of hydrogen-bond donors (Lipinski definition) is 0. The van der Waals surface area contributed by atoms with Crippen molar-refractivity contribution in [3.05, 3.63) is 64.2 Å². The van der Waals surface area contributed by atoms with Gasteiger partial charge in [-0.3, -0.25) is 4.79 Å². The average molecular weight is 342 g/mol. The fourth-order valence-corrected chi connectivity index (χ4v) is 3.18. The molecule has 0 bridgehead atoms. The molecule has 1 amide bonds. The zero-order valence-corrected chi connectivity index (χ0v) is 13.8. The summed E-state index contributed by atoms with van der Waals surface area (Å²) in [4.78, 5) is 14.5. The van der Waals surface area contributed by atoms with E-state index in [0.717, 1.165) is 34.6 Å². The molecule has 0 N–H and O–H groups in total. The van der Waals surface area contributed by atoms with Crippen LogP contribution in [0.3, 0.4) is 0 Å². The fraction of sp³-hybridized carbons (Fsp3) is 0.211. The molecule has 2 aromatic carbocycles. The summed E-state index contributed by atoms with van der Waals surface area (Å²) in [6.45, 7) is 1.50. The number of halogens is 1. The molecule has 2 heterocycles. The molecule has 1 saturated heterocycles. The lowest BCUT2D eigenvalue weighted by molar-refractivity contribution is -0.125. The van der Waals surface area contributed by atoms with E-state index in [1.807, 2.05) is 53.4 Å². The van der Waals surface area contributed by atoms with E-state index in [0.29, 0.717) is 18.1 Å². The molecule has 2 aromatic rings. The third-order valence-electron chi connectivity index (χ3n) is 4.27. The maximum atomic E-state index is 12.6. The van der Waals surface area contributed by atoms with E-state index >= 15 is 0 Å². The molecule has 4 rings (SSSR count). The van der Waals surface area contributed by atoms with Crippen molar-refractivity contribution in [3.63, 3.8) is 0 Å². The van der Waals surface area contributed by atoms with Crippen molar-refractivity contribution in [2.24, 2.45) is 0 Å². The van der Waals surface area contributed by atoms with Crippen LogP contribution in [-0.2, 0) is 11.3 Å². The SMILES string of the molecule is O=C1/C(=C/c2ccc3c(c2)OCO3)CCN1Cc1ccccc1Cl. The van der Waals surface area contributed by atoms with Crippen molar-refractivity contribution >= 4 is 23.6 Å². The molecule has 0 saturated carbocycles. The van der Waals surface area contributed by atoms with E-state index < -0.39 is 0 Å². The van der Waals surface area contributed by atoms with Gasteiger partial charge in [0.05, 0.1) is 0 Å². The summed E-state index contributed by atoms with van der Waals surface area (Å²) >= 11 is 6.19. The smallest absolute Gasteiger partial charge is 0.250 e. The van der Waals surface area contributed by atoms with Crippen molar-refractivity contribution in [2.45, 2.75) is 13.0 Å². The number of fused-ring (bicyclic) bond motifs is 1. The standard InChI is InChI=1S/C19H16ClNO3/c20-16-4-2-1-3-15(16)11-21-8-7-14(19(21)22)9-13-5-6-17-18(10-13)24-12-23-17/h1-6,9-10H,7-8,11-12H2/b14-9+. The first-order valence-corrected chi connectivity index (χ1v) is 8.21. The van der Waals surface area contributed by atoms with Gasteiger partial charge in [0, 0.05) is 23.7 Å². The van der Waals surface area contributed by atoms with Gasteiger partial charge in [-0.25, -0.2) is 0 Å². The fourth-order valence-electron chi connectivity index (χ4n) is 2.99. The van der Waals surface area contributed by atoms with E-state index in [1.165, 1.54) is 0 Å². The number of amides is 1. The Morgan fingerprint density at radius 3 is 2.83 bits per heavy atom. The minimum Gasteiger partial charge on any atom is -0.454 e. The Kier molecular flexibility index (Phi) is 3.90. The van der Waals surface area contributed by atoms with Gasteiger partial charge in [0.2, 0.25) is 12.7 Å². The second-order valence-electron chi connectivity index (χ2n) is 5.85. The monoisotopic (exact) mass is 341 g/mol. The van der Waals surface area contributed by atoms with E-state index in [4.69, 9.17) is 21.1 Å². The molecule has 0 radical (unpaired) electrons. The lowest BCUT2D eigenvalue weighted by Gasteiger charge is -2.16. The van der Waals surface area contributed by atoms with Gasteiger partial charge in [0.15, 0.2) is 11.5 Å². The predicted molar refractivity (Wildman–Crippen MR) is 92.0 cm³/mol. The summed E-state index contributed by atoms with van der Waals surface area (Å²) in [5, 5.41) is 0.693. The quantitative estimate of drug-likeness (QED) is 0.795. The minimum absolute atomic E-state index is 0.0626. The van der Waals surface area contributed by atoms with E-state index in [2.05, 4.69) is 0 Å². The third-order valence-corrected chi connectivity index (χ3v) is 4.64.